The van der Waals surface area contributed by atoms with Crippen LogP contribution in [0.2, 0.25) is 0 Å². The zero-order valence-electron chi connectivity index (χ0n) is 16.0. The van der Waals surface area contributed by atoms with Gasteiger partial charge in [-0.2, -0.15) is 0 Å². The Balaban J connectivity index is 1.79. The van der Waals surface area contributed by atoms with E-state index in [9.17, 15) is 0 Å². The number of thioether (sulfide) groups is 2. The molecule has 0 aliphatic heterocycles. The normalized spacial score (nSPS) is 11.8. The van der Waals surface area contributed by atoms with Crippen molar-refractivity contribution in [2.45, 2.75) is 75.0 Å². The van der Waals surface area contributed by atoms with Crippen molar-refractivity contribution in [1.29, 1.82) is 0 Å². The van der Waals surface area contributed by atoms with Crippen molar-refractivity contribution in [2.75, 3.05) is 11.5 Å². The van der Waals surface area contributed by atoms with Crippen LogP contribution in [0.1, 0.15) is 65.2 Å². The lowest BCUT2D eigenvalue weighted by Gasteiger charge is -2.11. The fourth-order valence-electron chi connectivity index (χ4n) is 3.27. The van der Waals surface area contributed by atoms with E-state index in [-0.39, 0.29) is 0 Å². The molecular formula is C22H30S4. The zero-order chi connectivity index (χ0) is 18.2. The number of thiophene rings is 2. The maximum Gasteiger partial charge on any atom is 0.0496 e. The molecule has 3 rings (SSSR count). The van der Waals surface area contributed by atoms with Crippen LogP contribution in [0.15, 0.2) is 32.7 Å². The molecule has 0 amide bonds. The van der Waals surface area contributed by atoms with E-state index in [2.05, 4.69) is 60.3 Å². The van der Waals surface area contributed by atoms with E-state index in [1.807, 2.05) is 22.7 Å². The number of benzene rings is 1. The predicted octanol–water partition coefficient (Wildman–Crippen LogP) is 9.46. The van der Waals surface area contributed by atoms with E-state index in [1.54, 1.807) is 0 Å². The fraction of sp³-hybridized carbons (Fsp3) is 0.545. The van der Waals surface area contributed by atoms with Gasteiger partial charge in [0.05, 0.1) is 0 Å². The van der Waals surface area contributed by atoms with Gasteiger partial charge in [0.15, 0.2) is 0 Å². The number of unbranched alkanes of at least 4 members (excludes halogenated alkanes) is 6. The molecule has 1 aromatic carbocycles. The van der Waals surface area contributed by atoms with Gasteiger partial charge in [0, 0.05) is 30.0 Å². The Bertz CT molecular complexity index is 684. The summed E-state index contributed by atoms with van der Waals surface area (Å²) >= 11 is 8.05. The quantitative estimate of drug-likeness (QED) is 0.210. The van der Waals surface area contributed by atoms with Gasteiger partial charge < -0.3 is 0 Å². The Kier molecular flexibility index (Phi) is 8.70. The smallest absolute Gasteiger partial charge is 0.0496 e. The third kappa shape index (κ3) is 5.01. The summed E-state index contributed by atoms with van der Waals surface area (Å²) in [7, 11) is 0. The van der Waals surface area contributed by atoms with Crippen LogP contribution in [-0.4, -0.2) is 11.5 Å². The first-order chi connectivity index (χ1) is 12.9. The summed E-state index contributed by atoms with van der Waals surface area (Å²) < 4.78 is 3.04. The van der Waals surface area contributed by atoms with E-state index in [1.165, 1.54) is 92.8 Å². The first-order valence-corrected chi connectivity index (χ1v) is 13.8. The van der Waals surface area contributed by atoms with Gasteiger partial charge in [0.25, 0.3) is 0 Å². The summed E-state index contributed by atoms with van der Waals surface area (Å²) in [5.74, 6) is 2.50. The summed E-state index contributed by atoms with van der Waals surface area (Å²) in [4.78, 5) is 3.08. The SMILES string of the molecule is CCCCCCSc1c2ccsc2c(SCCCCCC)c2ccsc12. The molecule has 0 N–H and O–H groups in total. The molecule has 3 aromatic rings. The lowest BCUT2D eigenvalue weighted by Crippen LogP contribution is -1.86. The maximum atomic E-state index is 2.36. The number of hydrogen-bond donors (Lipinski definition) is 0. The van der Waals surface area contributed by atoms with Crippen molar-refractivity contribution in [3.05, 3.63) is 22.9 Å². The molecule has 0 nitrogen and oxygen atoms in total. The van der Waals surface area contributed by atoms with E-state index in [0.717, 1.165) is 0 Å². The minimum Gasteiger partial charge on any atom is -0.143 e. The second kappa shape index (κ2) is 11.0. The van der Waals surface area contributed by atoms with E-state index < -0.39 is 0 Å². The highest BCUT2D eigenvalue weighted by Gasteiger charge is 2.16. The van der Waals surface area contributed by atoms with Crippen LogP contribution in [0.5, 0.6) is 0 Å². The maximum absolute atomic E-state index is 2.36. The molecule has 0 aliphatic rings. The number of hydrogen-bond acceptors (Lipinski definition) is 4. The van der Waals surface area contributed by atoms with Gasteiger partial charge in [-0.05, 0) is 47.2 Å². The van der Waals surface area contributed by atoms with E-state index in [4.69, 9.17) is 0 Å². The Morgan fingerprint density at radius 2 is 1.12 bits per heavy atom. The van der Waals surface area contributed by atoms with Crippen LogP contribution >= 0.6 is 46.2 Å². The van der Waals surface area contributed by atoms with E-state index in [0.29, 0.717) is 0 Å². The largest absolute Gasteiger partial charge is 0.143 e. The van der Waals surface area contributed by atoms with Crippen molar-refractivity contribution >= 4 is 66.4 Å². The monoisotopic (exact) mass is 422 g/mol. The Labute approximate surface area is 175 Å². The summed E-state index contributed by atoms with van der Waals surface area (Å²) in [6.07, 6.45) is 10.8. The van der Waals surface area contributed by atoms with Crippen molar-refractivity contribution in [3.63, 3.8) is 0 Å². The molecule has 0 atom stereocenters. The molecule has 2 aromatic heterocycles. The standard InChI is InChI=1S/C22H30S4/c1-3-5-7-9-13-23-19-17-11-15-26-22(17)20(18-12-16-25-21(18)19)24-14-10-8-6-4-2/h11-12,15-16H,3-10,13-14H2,1-2H3. The average molecular weight is 423 g/mol. The summed E-state index contributed by atoms with van der Waals surface area (Å²) in [5, 5.41) is 7.58. The van der Waals surface area contributed by atoms with Gasteiger partial charge in [-0.25, -0.2) is 0 Å². The summed E-state index contributed by atoms with van der Waals surface area (Å²) in [6, 6.07) is 4.71. The van der Waals surface area contributed by atoms with Gasteiger partial charge in [-0.3, -0.25) is 0 Å². The molecule has 142 valence electrons. The molecule has 0 fully saturated rings. The Morgan fingerprint density at radius 1 is 0.654 bits per heavy atom. The molecule has 2 heterocycles. The second-order valence-electron chi connectivity index (χ2n) is 6.80. The van der Waals surface area contributed by atoms with Crippen LogP contribution in [0.4, 0.5) is 0 Å². The number of rotatable bonds is 12. The first-order valence-electron chi connectivity index (χ1n) is 10.0. The topological polar surface area (TPSA) is 0 Å². The molecule has 26 heavy (non-hydrogen) atoms. The Hall–Kier alpha value is -0.160. The zero-order valence-corrected chi connectivity index (χ0v) is 19.3. The highest BCUT2D eigenvalue weighted by Crippen LogP contribution is 2.47. The molecule has 4 heteroatoms. The van der Waals surface area contributed by atoms with Crippen molar-refractivity contribution in [1.82, 2.24) is 0 Å². The summed E-state index contributed by atoms with van der Waals surface area (Å²) in [6.45, 7) is 4.58. The van der Waals surface area contributed by atoms with Crippen LogP contribution in [0.25, 0.3) is 20.2 Å². The number of fused-ring (bicyclic) bond motifs is 2. The van der Waals surface area contributed by atoms with E-state index >= 15 is 0 Å². The lowest BCUT2D eigenvalue weighted by atomic mass is 10.2. The highest BCUT2D eigenvalue weighted by molar-refractivity contribution is 8.00. The molecule has 0 unspecified atom stereocenters. The molecule has 0 bridgehead atoms. The average Bonchev–Trinajstić information content (AvgIpc) is 3.32. The Morgan fingerprint density at radius 3 is 1.54 bits per heavy atom. The minimum atomic E-state index is 1.25. The van der Waals surface area contributed by atoms with Gasteiger partial charge >= 0.3 is 0 Å². The van der Waals surface area contributed by atoms with Crippen LogP contribution < -0.4 is 0 Å². The third-order valence-electron chi connectivity index (χ3n) is 4.72. The van der Waals surface area contributed by atoms with Crippen LogP contribution in [0, 0.1) is 0 Å². The molecular weight excluding hydrogens is 393 g/mol. The van der Waals surface area contributed by atoms with Crippen LogP contribution in [-0.2, 0) is 0 Å². The molecule has 0 spiro atoms. The third-order valence-corrected chi connectivity index (χ3v) is 9.25. The second-order valence-corrected chi connectivity index (χ2v) is 10.8. The minimum absolute atomic E-state index is 1.25. The van der Waals surface area contributed by atoms with Gasteiger partial charge in [0.1, 0.15) is 0 Å². The van der Waals surface area contributed by atoms with Gasteiger partial charge in [0.2, 0.25) is 0 Å². The van der Waals surface area contributed by atoms with Gasteiger partial charge in [-0.15, -0.1) is 46.2 Å². The molecule has 0 radical (unpaired) electrons. The van der Waals surface area contributed by atoms with Crippen molar-refractivity contribution in [3.8, 4) is 0 Å². The summed E-state index contributed by atoms with van der Waals surface area (Å²) in [5.41, 5.74) is 0. The predicted molar refractivity (Wildman–Crippen MR) is 127 cm³/mol. The fourth-order valence-corrected chi connectivity index (χ4v) is 7.98. The molecule has 0 saturated carbocycles. The van der Waals surface area contributed by atoms with Crippen molar-refractivity contribution < 1.29 is 0 Å². The molecule has 0 saturated heterocycles. The van der Waals surface area contributed by atoms with Crippen LogP contribution in [0.3, 0.4) is 0 Å². The highest BCUT2D eigenvalue weighted by atomic mass is 32.2. The van der Waals surface area contributed by atoms with Crippen molar-refractivity contribution in [2.24, 2.45) is 0 Å². The first kappa shape index (κ1) is 20.6. The van der Waals surface area contributed by atoms with Gasteiger partial charge in [-0.1, -0.05) is 52.4 Å². The lowest BCUT2D eigenvalue weighted by molar-refractivity contribution is 0.706. The molecule has 0 aliphatic carbocycles.